The maximum atomic E-state index is 5.53. The topological polar surface area (TPSA) is 30.5 Å². The van der Waals surface area contributed by atoms with Crippen LogP contribution < -0.4 is 5.32 Å². The van der Waals surface area contributed by atoms with Crippen molar-refractivity contribution in [2.75, 3.05) is 13.8 Å². The van der Waals surface area contributed by atoms with Crippen LogP contribution in [-0.4, -0.2) is 32.1 Å². The number of likely N-dealkylation sites (N-methyl/N-ethyl adjacent to an activating group) is 1. The van der Waals surface area contributed by atoms with Gasteiger partial charge in [-0.1, -0.05) is 13.3 Å². The van der Waals surface area contributed by atoms with E-state index in [1.54, 1.807) is 0 Å². The Labute approximate surface area is 73.4 Å². The zero-order valence-corrected chi connectivity index (χ0v) is 7.75. The van der Waals surface area contributed by atoms with E-state index < -0.39 is 0 Å². The Balaban J connectivity index is 2.05. The van der Waals surface area contributed by atoms with E-state index in [1.807, 2.05) is 7.05 Å². The van der Waals surface area contributed by atoms with E-state index in [9.17, 15) is 0 Å². The molecule has 1 N–H and O–H groups in total. The first-order valence-corrected chi connectivity index (χ1v) is 4.77. The van der Waals surface area contributed by atoms with Gasteiger partial charge in [-0.15, -0.1) is 0 Å². The zero-order valence-electron chi connectivity index (χ0n) is 7.75. The fourth-order valence-electron chi connectivity index (χ4n) is 2.48. The summed E-state index contributed by atoms with van der Waals surface area (Å²) in [6, 6.07) is 0.502. The summed E-state index contributed by atoms with van der Waals surface area (Å²) in [5.41, 5.74) is 0. The van der Waals surface area contributed by atoms with Gasteiger partial charge in [0, 0.05) is 6.04 Å². The second-order valence-corrected chi connectivity index (χ2v) is 3.67. The standard InChI is InChI=1S/C9H17NO2/c1-3-6-4-7-9(8(6)10-2)12-5-11-7/h6-10H,3-5H2,1-2H3. The van der Waals surface area contributed by atoms with Crippen LogP contribution in [0.4, 0.5) is 0 Å². The van der Waals surface area contributed by atoms with Gasteiger partial charge in [0.15, 0.2) is 0 Å². The Morgan fingerprint density at radius 2 is 2.25 bits per heavy atom. The number of nitrogens with one attached hydrogen (secondary N) is 1. The Kier molecular flexibility index (Phi) is 2.35. The molecule has 2 aliphatic rings. The van der Waals surface area contributed by atoms with E-state index >= 15 is 0 Å². The third-order valence-corrected chi connectivity index (χ3v) is 3.16. The summed E-state index contributed by atoms with van der Waals surface area (Å²) >= 11 is 0. The van der Waals surface area contributed by atoms with Gasteiger partial charge >= 0.3 is 0 Å². The third kappa shape index (κ3) is 1.16. The van der Waals surface area contributed by atoms with E-state index in [0.29, 0.717) is 25.0 Å². The molecular weight excluding hydrogens is 154 g/mol. The van der Waals surface area contributed by atoms with Crippen LogP contribution in [-0.2, 0) is 9.47 Å². The van der Waals surface area contributed by atoms with Gasteiger partial charge in [0.25, 0.3) is 0 Å². The lowest BCUT2D eigenvalue weighted by atomic mass is 10.0. The van der Waals surface area contributed by atoms with Crippen molar-refractivity contribution in [2.24, 2.45) is 5.92 Å². The number of rotatable bonds is 2. The highest BCUT2D eigenvalue weighted by molar-refractivity contribution is 4.98. The summed E-state index contributed by atoms with van der Waals surface area (Å²) in [6.45, 7) is 2.72. The average Bonchev–Trinajstić information content (AvgIpc) is 2.61. The highest BCUT2D eigenvalue weighted by Gasteiger charge is 2.46. The number of ether oxygens (including phenoxy) is 2. The summed E-state index contributed by atoms with van der Waals surface area (Å²) in [6.07, 6.45) is 3.03. The molecule has 0 bridgehead atoms. The lowest BCUT2D eigenvalue weighted by Crippen LogP contribution is -2.40. The minimum absolute atomic E-state index is 0.306. The van der Waals surface area contributed by atoms with E-state index in [0.717, 1.165) is 12.3 Å². The van der Waals surface area contributed by atoms with Crippen LogP contribution in [0.3, 0.4) is 0 Å². The molecule has 0 aromatic heterocycles. The number of fused-ring (bicyclic) bond motifs is 1. The highest BCUT2D eigenvalue weighted by atomic mass is 16.7. The van der Waals surface area contributed by atoms with Crippen LogP contribution in [0.1, 0.15) is 19.8 Å². The van der Waals surface area contributed by atoms with E-state index in [2.05, 4.69) is 12.2 Å². The van der Waals surface area contributed by atoms with Crippen LogP contribution in [0.15, 0.2) is 0 Å². The maximum absolute atomic E-state index is 5.53. The maximum Gasteiger partial charge on any atom is 0.147 e. The van der Waals surface area contributed by atoms with E-state index in [1.165, 1.54) is 6.42 Å². The molecule has 3 heteroatoms. The zero-order chi connectivity index (χ0) is 8.55. The first kappa shape index (κ1) is 8.48. The van der Waals surface area contributed by atoms with Gasteiger partial charge in [0.05, 0.1) is 6.10 Å². The first-order chi connectivity index (χ1) is 5.86. The molecule has 70 valence electrons. The lowest BCUT2D eigenvalue weighted by Gasteiger charge is -2.21. The van der Waals surface area contributed by atoms with Crippen LogP contribution in [0.5, 0.6) is 0 Å². The van der Waals surface area contributed by atoms with Gasteiger partial charge in [0.1, 0.15) is 12.9 Å². The minimum atomic E-state index is 0.306. The predicted octanol–water partition coefficient (Wildman–Crippen LogP) is 0.746. The fraction of sp³-hybridized carbons (Fsp3) is 1.00. The van der Waals surface area contributed by atoms with Gasteiger partial charge in [0.2, 0.25) is 0 Å². The molecule has 4 unspecified atom stereocenters. The molecule has 0 spiro atoms. The largest absolute Gasteiger partial charge is 0.349 e. The smallest absolute Gasteiger partial charge is 0.147 e. The van der Waals surface area contributed by atoms with Crippen molar-refractivity contribution in [1.82, 2.24) is 5.32 Å². The SMILES string of the molecule is CCC1CC2OCOC2C1NC. The summed E-state index contributed by atoms with van der Waals surface area (Å²) in [5.74, 6) is 0.727. The fourth-order valence-corrected chi connectivity index (χ4v) is 2.48. The molecular formula is C9H17NO2. The second kappa shape index (κ2) is 3.32. The molecule has 12 heavy (non-hydrogen) atoms. The number of hydrogen-bond donors (Lipinski definition) is 1. The molecule has 1 saturated heterocycles. The minimum Gasteiger partial charge on any atom is -0.349 e. The molecule has 2 fully saturated rings. The van der Waals surface area contributed by atoms with Crippen LogP contribution in [0.25, 0.3) is 0 Å². The summed E-state index contributed by atoms with van der Waals surface area (Å²) < 4.78 is 11.0. The van der Waals surface area contributed by atoms with Gasteiger partial charge in [-0.25, -0.2) is 0 Å². The van der Waals surface area contributed by atoms with Crippen molar-refractivity contribution in [2.45, 2.75) is 38.0 Å². The molecule has 0 aromatic carbocycles. The molecule has 2 rings (SSSR count). The quantitative estimate of drug-likeness (QED) is 0.665. The third-order valence-electron chi connectivity index (χ3n) is 3.16. The van der Waals surface area contributed by atoms with Crippen LogP contribution in [0, 0.1) is 5.92 Å². The molecule has 1 heterocycles. The molecule has 0 aromatic rings. The Morgan fingerprint density at radius 1 is 1.42 bits per heavy atom. The average molecular weight is 171 g/mol. The van der Waals surface area contributed by atoms with Crippen molar-refractivity contribution >= 4 is 0 Å². The van der Waals surface area contributed by atoms with Crippen molar-refractivity contribution in [1.29, 1.82) is 0 Å². The molecule has 4 atom stereocenters. The van der Waals surface area contributed by atoms with Crippen LogP contribution >= 0.6 is 0 Å². The van der Waals surface area contributed by atoms with Gasteiger partial charge in [-0.2, -0.15) is 0 Å². The van der Waals surface area contributed by atoms with E-state index in [-0.39, 0.29) is 0 Å². The normalized spacial score (nSPS) is 46.5. The molecule has 1 aliphatic heterocycles. The van der Waals surface area contributed by atoms with Gasteiger partial charge < -0.3 is 14.8 Å². The molecule has 1 saturated carbocycles. The van der Waals surface area contributed by atoms with Crippen molar-refractivity contribution in [3.63, 3.8) is 0 Å². The van der Waals surface area contributed by atoms with Crippen LogP contribution in [0.2, 0.25) is 0 Å². The first-order valence-electron chi connectivity index (χ1n) is 4.77. The molecule has 0 radical (unpaired) electrons. The number of hydrogen-bond acceptors (Lipinski definition) is 3. The summed E-state index contributed by atoms with van der Waals surface area (Å²) in [5, 5.41) is 3.33. The van der Waals surface area contributed by atoms with Crippen molar-refractivity contribution in [3.8, 4) is 0 Å². The Hall–Kier alpha value is -0.120. The monoisotopic (exact) mass is 171 g/mol. The molecule has 3 nitrogen and oxygen atoms in total. The molecule has 0 amide bonds. The summed E-state index contributed by atoms with van der Waals surface area (Å²) in [7, 11) is 2.01. The van der Waals surface area contributed by atoms with Crippen molar-refractivity contribution < 1.29 is 9.47 Å². The highest BCUT2D eigenvalue weighted by Crippen LogP contribution is 2.35. The Morgan fingerprint density at radius 3 is 2.92 bits per heavy atom. The lowest BCUT2D eigenvalue weighted by molar-refractivity contribution is 0.0144. The van der Waals surface area contributed by atoms with Gasteiger partial charge in [-0.05, 0) is 19.4 Å². The van der Waals surface area contributed by atoms with Gasteiger partial charge in [-0.3, -0.25) is 0 Å². The molecule has 1 aliphatic carbocycles. The predicted molar refractivity (Wildman–Crippen MR) is 45.9 cm³/mol. The van der Waals surface area contributed by atoms with E-state index in [4.69, 9.17) is 9.47 Å². The Bertz CT molecular complexity index is 163. The van der Waals surface area contributed by atoms with Crippen molar-refractivity contribution in [3.05, 3.63) is 0 Å². The summed E-state index contributed by atoms with van der Waals surface area (Å²) in [4.78, 5) is 0. The second-order valence-electron chi connectivity index (χ2n) is 3.67.